The summed E-state index contributed by atoms with van der Waals surface area (Å²) in [4.78, 5) is 46.3. The van der Waals surface area contributed by atoms with Crippen LogP contribution in [-0.2, 0) is 14.4 Å². The topological polar surface area (TPSA) is 73.8 Å². The maximum absolute atomic E-state index is 13.0. The summed E-state index contributed by atoms with van der Waals surface area (Å²) in [5, 5.41) is 0.617. The van der Waals surface area contributed by atoms with Gasteiger partial charge in [0.05, 0.1) is 10.2 Å². The van der Waals surface area contributed by atoms with Crippen molar-refractivity contribution >= 4 is 56.8 Å². The molecular weight excluding hydrogens is 412 g/mol. The van der Waals surface area contributed by atoms with Crippen LogP contribution in [0, 0.1) is 13.8 Å². The second-order valence-corrected chi connectivity index (χ2v) is 8.51. The summed E-state index contributed by atoms with van der Waals surface area (Å²) >= 11 is 1.47. The molecule has 0 N–H and O–H groups in total. The Balaban J connectivity index is 0.00000300. The molecule has 0 bridgehead atoms. The molecule has 29 heavy (non-hydrogen) atoms. The third-order valence-electron chi connectivity index (χ3n) is 4.79. The first-order valence-corrected chi connectivity index (χ1v) is 10.2. The lowest BCUT2D eigenvalue weighted by molar-refractivity contribution is -0.141. The molecule has 0 unspecified atom stereocenters. The third kappa shape index (κ3) is 5.32. The van der Waals surface area contributed by atoms with Crippen LogP contribution in [0.1, 0.15) is 30.4 Å². The molecule has 2 heterocycles. The quantitative estimate of drug-likeness (QED) is 0.621. The van der Waals surface area contributed by atoms with Gasteiger partial charge in [-0.1, -0.05) is 17.4 Å². The first-order chi connectivity index (χ1) is 13.3. The van der Waals surface area contributed by atoms with Gasteiger partial charge in [0.1, 0.15) is 6.54 Å². The first kappa shape index (κ1) is 23.3. The fourth-order valence-corrected chi connectivity index (χ4v) is 4.55. The van der Waals surface area contributed by atoms with E-state index in [-0.39, 0.29) is 49.5 Å². The molecule has 9 heteroatoms. The number of rotatable bonds is 7. The molecule has 158 valence electrons. The van der Waals surface area contributed by atoms with E-state index >= 15 is 0 Å². The van der Waals surface area contributed by atoms with Crippen LogP contribution >= 0.6 is 23.7 Å². The van der Waals surface area contributed by atoms with Gasteiger partial charge in [0.25, 0.3) is 0 Å². The molecule has 2 aromatic rings. The molecule has 1 aliphatic heterocycles. The zero-order valence-electron chi connectivity index (χ0n) is 17.2. The van der Waals surface area contributed by atoms with E-state index in [0.29, 0.717) is 11.7 Å². The van der Waals surface area contributed by atoms with Crippen LogP contribution in [0.25, 0.3) is 10.2 Å². The maximum atomic E-state index is 13.0. The normalized spacial score (nSPS) is 14.0. The fourth-order valence-electron chi connectivity index (χ4n) is 3.37. The molecule has 3 amide bonds. The van der Waals surface area contributed by atoms with Crippen LogP contribution < -0.4 is 4.90 Å². The molecule has 0 atom stereocenters. The number of nitrogens with zero attached hydrogens (tertiary/aromatic N) is 4. The summed E-state index contributed by atoms with van der Waals surface area (Å²) in [5.74, 6) is -0.819. The van der Waals surface area contributed by atoms with E-state index in [9.17, 15) is 14.4 Å². The Labute approximate surface area is 181 Å². The highest BCUT2D eigenvalue weighted by molar-refractivity contribution is 7.22. The first-order valence-electron chi connectivity index (χ1n) is 9.42. The second-order valence-electron chi connectivity index (χ2n) is 7.50. The molecule has 1 aliphatic rings. The number of fused-ring (bicyclic) bond motifs is 1. The predicted molar refractivity (Wildman–Crippen MR) is 118 cm³/mol. The summed E-state index contributed by atoms with van der Waals surface area (Å²) in [7, 11) is 3.97. The lowest BCUT2D eigenvalue weighted by Crippen LogP contribution is -2.43. The summed E-state index contributed by atoms with van der Waals surface area (Å²) in [6.45, 7) is 5.15. The van der Waals surface area contributed by atoms with Gasteiger partial charge in [-0.2, -0.15) is 0 Å². The van der Waals surface area contributed by atoms with Crippen molar-refractivity contribution < 1.29 is 14.4 Å². The van der Waals surface area contributed by atoms with E-state index in [1.807, 2.05) is 27.9 Å². The van der Waals surface area contributed by atoms with Crippen molar-refractivity contribution in [1.82, 2.24) is 14.8 Å². The van der Waals surface area contributed by atoms with Crippen molar-refractivity contribution in [2.45, 2.75) is 33.1 Å². The zero-order chi connectivity index (χ0) is 20.4. The number of anilines is 1. The zero-order valence-corrected chi connectivity index (χ0v) is 18.9. The van der Waals surface area contributed by atoms with Gasteiger partial charge in [0, 0.05) is 19.4 Å². The number of aromatic nitrogens is 1. The van der Waals surface area contributed by atoms with Crippen molar-refractivity contribution in [3.8, 4) is 0 Å². The minimum atomic E-state index is -0.276. The molecule has 1 aromatic carbocycles. The standard InChI is InChI=1S/C20H26N4O3S.ClH/c1-13-10-14(2)19-15(11-13)28-20(21-19)23(9-5-8-22(3)4)18(27)12-24-16(25)6-7-17(24)26;/h10-11H,5-9,12H2,1-4H3;1H. The maximum Gasteiger partial charge on any atom is 0.248 e. The number of aryl methyl sites for hydroxylation is 2. The van der Waals surface area contributed by atoms with Gasteiger partial charge in [-0.25, -0.2) is 4.98 Å². The van der Waals surface area contributed by atoms with E-state index in [2.05, 4.69) is 17.0 Å². The van der Waals surface area contributed by atoms with E-state index in [0.717, 1.165) is 39.2 Å². The Hall–Kier alpha value is -2.03. The van der Waals surface area contributed by atoms with E-state index in [1.165, 1.54) is 11.3 Å². The Morgan fingerprint density at radius 2 is 1.79 bits per heavy atom. The minimum Gasteiger partial charge on any atom is -0.309 e. The van der Waals surface area contributed by atoms with Crippen LogP contribution in [0.3, 0.4) is 0 Å². The van der Waals surface area contributed by atoms with Crippen molar-refractivity contribution in [3.63, 3.8) is 0 Å². The lowest BCUT2D eigenvalue weighted by Gasteiger charge is -2.23. The number of thiazole rings is 1. The highest BCUT2D eigenvalue weighted by Crippen LogP contribution is 2.32. The molecule has 0 saturated carbocycles. The summed E-state index contributed by atoms with van der Waals surface area (Å²) in [5.41, 5.74) is 3.12. The van der Waals surface area contributed by atoms with Gasteiger partial charge in [-0.15, -0.1) is 12.4 Å². The van der Waals surface area contributed by atoms with E-state index in [4.69, 9.17) is 4.98 Å². The largest absolute Gasteiger partial charge is 0.309 e. The molecular formula is C20H27ClN4O3S. The van der Waals surface area contributed by atoms with Crippen LogP contribution in [0.2, 0.25) is 0 Å². The van der Waals surface area contributed by atoms with Gasteiger partial charge in [0.15, 0.2) is 5.13 Å². The number of amides is 3. The van der Waals surface area contributed by atoms with Gasteiger partial charge in [-0.3, -0.25) is 24.2 Å². The average Bonchev–Trinajstić information content (AvgIpc) is 3.16. The number of halogens is 1. The van der Waals surface area contributed by atoms with Crippen molar-refractivity contribution in [3.05, 3.63) is 23.3 Å². The van der Waals surface area contributed by atoms with Crippen LogP contribution in [0.5, 0.6) is 0 Å². The van der Waals surface area contributed by atoms with Crippen molar-refractivity contribution in [2.75, 3.05) is 38.6 Å². The fraction of sp³-hybridized carbons (Fsp3) is 0.500. The summed E-state index contributed by atoms with van der Waals surface area (Å²) < 4.78 is 1.03. The number of carbonyl (C=O) groups excluding carboxylic acids is 3. The van der Waals surface area contributed by atoms with Crippen LogP contribution in [0.4, 0.5) is 5.13 Å². The highest BCUT2D eigenvalue weighted by Gasteiger charge is 2.32. The average molecular weight is 439 g/mol. The van der Waals surface area contributed by atoms with Crippen molar-refractivity contribution in [1.29, 1.82) is 0 Å². The summed E-state index contributed by atoms with van der Waals surface area (Å²) in [6, 6.07) is 4.14. The molecule has 3 rings (SSSR count). The number of likely N-dealkylation sites (tertiary alicyclic amines) is 1. The number of imide groups is 1. The lowest BCUT2D eigenvalue weighted by atomic mass is 10.1. The molecule has 1 saturated heterocycles. The number of benzene rings is 1. The predicted octanol–water partition coefficient (Wildman–Crippen LogP) is 2.77. The molecule has 0 radical (unpaired) electrons. The molecule has 1 aromatic heterocycles. The van der Waals surface area contributed by atoms with Crippen LogP contribution in [-0.4, -0.2) is 66.2 Å². The molecule has 0 aliphatic carbocycles. The van der Waals surface area contributed by atoms with Crippen molar-refractivity contribution in [2.24, 2.45) is 0 Å². The van der Waals surface area contributed by atoms with Gasteiger partial charge >= 0.3 is 0 Å². The monoisotopic (exact) mass is 438 g/mol. The number of carbonyl (C=O) groups is 3. The van der Waals surface area contributed by atoms with Crippen LogP contribution in [0.15, 0.2) is 12.1 Å². The molecule has 0 spiro atoms. The Morgan fingerprint density at radius 3 is 2.41 bits per heavy atom. The Bertz CT molecular complexity index is 912. The molecule has 7 nitrogen and oxygen atoms in total. The van der Waals surface area contributed by atoms with E-state index in [1.54, 1.807) is 4.90 Å². The van der Waals surface area contributed by atoms with Gasteiger partial charge in [-0.05, 0) is 58.1 Å². The number of hydrogen-bond acceptors (Lipinski definition) is 6. The SMILES string of the molecule is Cc1cc(C)c2nc(N(CCCN(C)C)C(=O)CN3C(=O)CCC3=O)sc2c1.Cl. The smallest absolute Gasteiger partial charge is 0.248 e. The van der Waals surface area contributed by atoms with Gasteiger partial charge < -0.3 is 4.90 Å². The molecule has 1 fully saturated rings. The minimum absolute atomic E-state index is 0. The van der Waals surface area contributed by atoms with E-state index < -0.39 is 0 Å². The number of hydrogen-bond donors (Lipinski definition) is 0. The summed E-state index contributed by atoms with van der Waals surface area (Å²) in [6.07, 6.45) is 1.15. The Kier molecular flexibility index (Phi) is 7.73. The third-order valence-corrected chi connectivity index (χ3v) is 5.81. The second kappa shape index (κ2) is 9.65. The Morgan fingerprint density at radius 1 is 1.14 bits per heavy atom. The van der Waals surface area contributed by atoms with Gasteiger partial charge in [0.2, 0.25) is 17.7 Å². The highest BCUT2D eigenvalue weighted by atomic mass is 35.5.